The van der Waals surface area contributed by atoms with Gasteiger partial charge >= 0.3 is 33.3 Å². The Bertz CT molecular complexity index is 986. The molecule has 6 rings (SSSR count). The molecule has 5 saturated carbocycles. The van der Waals surface area contributed by atoms with Crippen LogP contribution in [-0.4, -0.2) is 88.2 Å². The van der Waals surface area contributed by atoms with Crippen molar-refractivity contribution in [2.45, 2.75) is 154 Å². The number of aliphatic hydroxyl groups excluding tert-OH is 1. The molecule has 6 fully saturated rings. The van der Waals surface area contributed by atoms with E-state index in [4.69, 9.17) is 36.1 Å². The molecule has 2 N–H and O–H groups in total. The number of nitrogens with one attached hydrogen (secondary N) is 1. The van der Waals surface area contributed by atoms with Gasteiger partial charge in [0.05, 0.1) is 6.10 Å². The Hall–Kier alpha value is 0.819. The van der Waals surface area contributed by atoms with Crippen LogP contribution >= 0.6 is 20.2 Å². The van der Waals surface area contributed by atoms with Gasteiger partial charge in [-0.15, -0.1) is 0 Å². The van der Waals surface area contributed by atoms with E-state index in [0.29, 0.717) is 29.0 Å². The van der Waals surface area contributed by atoms with Crippen LogP contribution in [0.5, 0.6) is 0 Å². The summed E-state index contributed by atoms with van der Waals surface area (Å²) in [6.45, 7) is 16.1. The van der Waals surface area contributed by atoms with Crippen molar-refractivity contribution in [1.82, 2.24) is 5.32 Å². The summed E-state index contributed by atoms with van der Waals surface area (Å²) >= 11 is 0.00694. The van der Waals surface area contributed by atoms with Crippen LogP contribution in [0.1, 0.15) is 130 Å². The van der Waals surface area contributed by atoms with E-state index in [1.54, 1.807) is 0 Å². The third-order valence-corrected chi connectivity index (χ3v) is 15.2. The van der Waals surface area contributed by atoms with E-state index in [1.807, 2.05) is 0 Å². The van der Waals surface area contributed by atoms with Gasteiger partial charge in [0.1, 0.15) is 0 Å². The molecule has 0 radical (unpaired) electrons. The van der Waals surface area contributed by atoms with Crippen LogP contribution in [0.25, 0.3) is 26.6 Å². The van der Waals surface area contributed by atoms with Crippen LogP contribution in [-0.2, 0) is 13.1 Å². The summed E-state index contributed by atoms with van der Waals surface area (Å²) in [5, 5.41) is 38.8. The predicted molar refractivity (Wildman–Crippen MR) is 214 cm³/mol. The summed E-state index contributed by atoms with van der Waals surface area (Å²) in [7, 11) is 9.59. The van der Waals surface area contributed by atoms with Crippen molar-refractivity contribution in [3.05, 3.63) is 26.6 Å². The molecule has 2 unspecified atom stereocenters. The van der Waals surface area contributed by atoms with Gasteiger partial charge in [-0.25, -0.2) is 0 Å². The Morgan fingerprint density at radius 1 is 0.745 bits per heavy atom. The van der Waals surface area contributed by atoms with Gasteiger partial charge in [-0.2, -0.15) is 63.9 Å². The third-order valence-electron chi connectivity index (χ3n) is 15.2. The van der Waals surface area contributed by atoms with Gasteiger partial charge in [-0.1, -0.05) is 52.9 Å². The fourth-order valence-corrected chi connectivity index (χ4v) is 12.5. The first-order valence-corrected chi connectivity index (χ1v) is 24.6. The van der Waals surface area contributed by atoms with Crippen molar-refractivity contribution in [3.63, 3.8) is 0 Å². The Balaban J connectivity index is 0.00000162. The van der Waals surface area contributed by atoms with E-state index in [1.165, 1.54) is 89.9 Å². The molecule has 0 spiro atoms. The minimum atomic E-state index is -0.0320. The first-order chi connectivity index (χ1) is 24.8. The topological polar surface area (TPSA) is 103 Å². The molecule has 51 heavy (non-hydrogen) atoms. The van der Waals surface area contributed by atoms with Gasteiger partial charge < -0.3 is 37.0 Å². The number of rotatable bonds is 9. The summed E-state index contributed by atoms with van der Waals surface area (Å²) in [5.41, 5.74) is 1.05. The number of hydrogen-bond donors (Lipinski definition) is 2. The number of halogens is 2. The van der Waals surface area contributed by atoms with Crippen molar-refractivity contribution < 1.29 is 18.2 Å². The summed E-state index contributed by atoms with van der Waals surface area (Å²) < 4.78 is 0. The number of aliphatic hydroxyl groups is 1. The van der Waals surface area contributed by atoms with E-state index < -0.39 is 0 Å². The summed E-state index contributed by atoms with van der Waals surface area (Å²) in [4.78, 5) is 0. The summed E-state index contributed by atoms with van der Waals surface area (Å²) in [6, 6.07) is 1.12. The number of nitrogens with zero attached hydrogens (tertiary/aromatic N) is 5. The second-order valence-electron chi connectivity index (χ2n) is 18.0. The normalized spacial score (nSPS) is 41.6. The third kappa shape index (κ3) is 11.7. The maximum absolute atomic E-state index is 10.4. The van der Waals surface area contributed by atoms with Gasteiger partial charge in [-0.3, -0.25) is 0 Å². The molecule has 0 aromatic carbocycles. The van der Waals surface area contributed by atoms with E-state index >= 15 is 0 Å². The molecular weight excluding hydrogens is 718 g/mol. The first-order valence-electron chi connectivity index (χ1n) is 21.3. The molecule has 10 heteroatoms. The van der Waals surface area contributed by atoms with Gasteiger partial charge in [0, 0.05) is 0 Å². The molecule has 0 bridgehead atoms. The van der Waals surface area contributed by atoms with Crippen LogP contribution in [0.2, 0.25) is 0 Å². The van der Waals surface area contributed by atoms with Crippen LogP contribution in [0.3, 0.4) is 0 Å². The molecule has 1 heterocycles. The quantitative estimate of drug-likeness (QED) is 0.179. The number of fused-ring (bicyclic) bond motifs is 6. The SMILES string of the molecule is C[C@H](CCCNCCC[C@H]1C[N-][C@@H]2CCCC[C@H]2[N-]CC[N-]CC[N-]CC[N-]1)[C@H]1CCC2[C@@H]3CC[C@@H]4C[C@H](O)CC[C@]4(C)C3CC[C@@]21C.[Cl][Mn][Cl]. The molecule has 7 nitrogen and oxygen atoms in total. The van der Waals surface area contributed by atoms with Crippen LogP contribution in [0.4, 0.5) is 0 Å². The predicted octanol–water partition coefficient (Wildman–Crippen LogP) is 10.7. The molecular formula is C41H73Cl2MnN6O-5. The second kappa shape index (κ2) is 21.9. The molecule has 12 atom stereocenters. The minimum absolute atomic E-state index is 0.00694. The standard InChI is InChI=1S/C41H73N6O.2ClH.Mn/c1-30(35-14-15-36-34-13-12-31-28-33(48)16-18-40(31,2)37(34)17-19-41(35,36)3)8-6-20-42-21-7-9-32-29-47-39-11-5-4-10-38(39)46-27-25-44-23-22-43-24-26-45-32;;;/h30-39,42,48H,4-29H2,1-3H3;2*1H;/q-5;;;+2/p-2/t30-,31-,32+,33-,34+,35-,36?,37?,38-,39-,40+,41-;;;/m1.../s1. The zero-order valence-electron chi connectivity index (χ0n) is 32.5. The monoisotopic (exact) mass is 790 g/mol. The molecule has 0 amide bonds. The van der Waals surface area contributed by atoms with Gasteiger partial charge in [0.15, 0.2) is 0 Å². The fraction of sp³-hybridized carbons (Fsp3) is 1.00. The molecule has 6 aliphatic rings. The van der Waals surface area contributed by atoms with E-state index in [9.17, 15) is 5.11 Å². The Morgan fingerprint density at radius 3 is 2.16 bits per heavy atom. The van der Waals surface area contributed by atoms with Crippen LogP contribution in [0, 0.1) is 46.3 Å². The van der Waals surface area contributed by atoms with Crippen molar-refractivity contribution in [1.29, 1.82) is 0 Å². The fourth-order valence-electron chi connectivity index (χ4n) is 12.5. The van der Waals surface area contributed by atoms with Crippen molar-refractivity contribution in [2.75, 3.05) is 58.9 Å². The molecule has 1 saturated heterocycles. The Kier molecular flexibility index (Phi) is 18.5. The van der Waals surface area contributed by atoms with E-state index in [0.717, 1.165) is 114 Å². The van der Waals surface area contributed by atoms with Crippen molar-refractivity contribution in [3.8, 4) is 0 Å². The zero-order valence-corrected chi connectivity index (χ0v) is 35.2. The van der Waals surface area contributed by atoms with Gasteiger partial charge in [0.2, 0.25) is 0 Å². The van der Waals surface area contributed by atoms with E-state index in [2.05, 4.69) is 36.7 Å². The summed E-state index contributed by atoms with van der Waals surface area (Å²) in [5.74, 6) is 5.31. The maximum atomic E-state index is 10.4. The molecule has 299 valence electrons. The van der Waals surface area contributed by atoms with Gasteiger partial charge in [-0.05, 0) is 136 Å². The summed E-state index contributed by atoms with van der Waals surface area (Å²) in [6.07, 6.45) is 22.0. The van der Waals surface area contributed by atoms with Crippen LogP contribution in [0.15, 0.2) is 0 Å². The number of hydrogen-bond acceptors (Lipinski definition) is 2. The van der Waals surface area contributed by atoms with E-state index in [-0.39, 0.29) is 19.2 Å². The van der Waals surface area contributed by atoms with Crippen molar-refractivity contribution >= 4 is 20.2 Å². The Morgan fingerprint density at radius 2 is 1.39 bits per heavy atom. The first kappa shape index (κ1) is 43.0. The molecule has 5 aliphatic carbocycles. The van der Waals surface area contributed by atoms with Crippen LogP contribution < -0.4 is 5.32 Å². The van der Waals surface area contributed by atoms with Gasteiger partial charge in [0.25, 0.3) is 0 Å². The molecule has 1 aliphatic heterocycles. The Labute approximate surface area is 328 Å². The zero-order chi connectivity index (χ0) is 36.1. The van der Waals surface area contributed by atoms with Crippen molar-refractivity contribution in [2.24, 2.45) is 46.3 Å². The average Bonchev–Trinajstić information content (AvgIpc) is 3.48. The molecule has 0 aromatic rings. The molecule has 0 aromatic heterocycles. The second-order valence-corrected chi connectivity index (χ2v) is 19.9. The average molecular weight is 792 g/mol.